The molecule has 1 atom stereocenters. The predicted molar refractivity (Wildman–Crippen MR) is 221 cm³/mol. The summed E-state index contributed by atoms with van der Waals surface area (Å²) < 4.78 is 18.9. The molecule has 3 aliphatic heterocycles. The van der Waals surface area contributed by atoms with Gasteiger partial charge in [-0.3, -0.25) is 14.5 Å². The minimum atomic E-state index is -0.496. The fraction of sp³-hybridized carbons (Fsp3) is 0.326. The van der Waals surface area contributed by atoms with Gasteiger partial charge in [0.15, 0.2) is 11.5 Å². The zero-order valence-electron chi connectivity index (χ0n) is 33.4. The van der Waals surface area contributed by atoms with Crippen LogP contribution in [0.1, 0.15) is 48.7 Å². The molecular weight excluding hydrogens is 735 g/mol. The molecule has 3 aliphatic rings. The minimum Gasteiger partial charge on any atom is -0.508 e. The lowest BCUT2D eigenvalue weighted by atomic mass is 9.89. The number of fused-ring (bicyclic) bond motifs is 2. The van der Waals surface area contributed by atoms with Gasteiger partial charge in [-0.1, -0.05) is 36.4 Å². The van der Waals surface area contributed by atoms with Crippen molar-refractivity contribution < 1.29 is 33.7 Å². The number of rotatable bonds is 8. The number of amides is 3. The number of hydrogen-bond acceptors (Lipinski definition) is 8. The van der Waals surface area contributed by atoms with Crippen molar-refractivity contribution in [3.63, 3.8) is 0 Å². The van der Waals surface area contributed by atoms with Gasteiger partial charge >= 0.3 is 6.09 Å². The second-order valence-electron chi connectivity index (χ2n) is 15.3. The summed E-state index contributed by atoms with van der Waals surface area (Å²) >= 11 is 0. The van der Waals surface area contributed by atoms with Crippen LogP contribution in [0.15, 0.2) is 91.0 Å². The average Bonchev–Trinajstić information content (AvgIpc) is 3.55. The van der Waals surface area contributed by atoms with Crippen molar-refractivity contribution in [1.29, 1.82) is 0 Å². The summed E-state index contributed by atoms with van der Waals surface area (Å²) in [6.07, 6.45) is 0.783. The molecule has 4 heterocycles. The fourth-order valence-corrected chi connectivity index (χ4v) is 8.39. The maximum Gasteiger partial charge on any atom is 0.415 e. The summed E-state index contributed by atoms with van der Waals surface area (Å²) in [5.74, 6) is 0.605. The summed E-state index contributed by atoms with van der Waals surface area (Å²) in [5.41, 5.74) is 8.15. The van der Waals surface area contributed by atoms with Crippen molar-refractivity contribution in [3.05, 3.63) is 130 Å². The lowest BCUT2D eigenvalue weighted by molar-refractivity contribution is 0.0193. The van der Waals surface area contributed by atoms with Crippen molar-refractivity contribution in [3.8, 4) is 28.5 Å². The van der Waals surface area contributed by atoms with E-state index in [4.69, 9.17) is 14.2 Å². The topological polar surface area (TPSA) is 117 Å². The number of carbonyl (C=O) groups is 3. The summed E-state index contributed by atoms with van der Waals surface area (Å²) in [7, 11) is 5.17. The molecule has 300 valence electrons. The summed E-state index contributed by atoms with van der Waals surface area (Å²) in [6, 6.07) is 27.7. The SMILES string of the molecule is COc1ccccc1OC(=O)N1CCc2cc(-c3cc(C(=O)N(C)c4ccc(O)cc4)c(C)n3C)c(C(=O)N3Cc4ccccc4C[C@H]3CN3CCOCC3)cc2C1. The Morgan fingerprint density at radius 3 is 2.28 bits per heavy atom. The molecule has 1 N–H and O–H groups in total. The third-order valence-corrected chi connectivity index (χ3v) is 11.9. The Morgan fingerprint density at radius 2 is 1.53 bits per heavy atom. The van der Waals surface area contributed by atoms with Crippen LogP contribution >= 0.6 is 0 Å². The first-order valence-electron chi connectivity index (χ1n) is 19.8. The highest BCUT2D eigenvalue weighted by Gasteiger charge is 2.35. The molecule has 0 aliphatic carbocycles. The average molecular weight is 784 g/mol. The highest BCUT2D eigenvalue weighted by molar-refractivity contribution is 6.08. The maximum atomic E-state index is 15.4. The van der Waals surface area contributed by atoms with Gasteiger partial charge in [-0.25, -0.2) is 4.79 Å². The number of morpholine rings is 1. The smallest absolute Gasteiger partial charge is 0.415 e. The number of phenolic OH excluding ortho intramolecular Hbond substituents is 1. The van der Waals surface area contributed by atoms with Crippen LogP contribution in [0.4, 0.5) is 10.5 Å². The molecule has 1 aromatic heterocycles. The molecule has 0 spiro atoms. The zero-order chi connectivity index (χ0) is 40.5. The van der Waals surface area contributed by atoms with E-state index >= 15 is 4.79 Å². The van der Waals surface area contributed by atoms with Crippen LogP contribution in [0.2, 0.25) is 0 Å². The number of methoxy groups -OCH3 is 1. The number of aromatic hydroxyl groups is 1. The molecule has 12 nitrogen and oxygen atoms in total. The minimum absolute atomic E-state index is 0.0806. The van der Waals surface area contributed by atoms with Crippen molar-refractivity contribution in [1.82, 2.24) is 19.3 Å². The Labute approximate surface area is 338 Å². The van der Waals surface area contributed by atoms with Crippen molar-refractivity contribution >= 4 is 23.6 Å². The van der Waals surface area contributed by atoms with E-state index in [2.05, 4.69) is 29.2 Å². The van der Waals surface area contributed by atoms with Crippen LogP contribution < -0.4 is 14.4 Å². The molecule has 12 heteroatoms. The summed E-state index contributed by atoms with van der Waals surface area (Å²) in [4.78, 5) is 50.6. The van der Waals surface area contributed by atoms with Crippen LogP contribution in [0.3, 0.4) is 0 Å². The molecule has 3 amide bonds. The Balaban J connectivity index is 1.19. The zero-order valence-corrected chi connectivity index (χ0v) is 33.4. The van der Waals surface area contributed by atoms with Gasteiger partial charge in [0.25, 0.3) is 11.8 Å². The van der Waals surface area contributed by atoms with Crippen LogP contribution in [0.5, 0.6) is 17.2 Å². The molecular formula is C46H49N5O7. The molecule has 0 radical (unpaired) electrons. The van der Waals surface area contributed by atoms with E-state index in [0.717, 1.165) is 59.7 Å². The van der Waals surface area contributed by atoms with Crippen LogP contribution in [0, 0.1) is 6.92 Å². The first-order valence-corrected chi connectivity index (χ1v) is 19.8. The number of anilines is 1. The van der Waals surface area contributed by atoms with Crippen molar-refractivity contribution in [2.75, 3.05) is 58.5 Å². The fourth-order valence-electron chi connectivity index (χ4n) is 8.39. The Kier molecular flexibility index (Phi) is 11.0. The lowest BCUT2D eigenvalue weighted by Gasteiger charge is -2.41. The van der Waals surface area contributed by atoms with Crippen molar-refractivity contribution in [2.45, 2.75) is 38.9 Å². The first kappa shape index (κ1) is 38.7. The van der Waals surface area contributed by atoms with Crippen LogP contribution in [0.25, 0.3) is 11.3 Å². The lowest BCUT2D eigenvalue weighted by Crippen LogP contribution is -2.52. The van der Waals surface area contributed by atoms with Gasteiger partial charge in [0, 0.05) is 87.6 Å². The Morgan fingerprint density at radius 1 is 0.828 bits per heavy atom. The highest BCUT2D eigenvalue weighted by atomic mass is 16.6. The third-order valence-electron chi connectivity index (χ3n) is 11.9. The van der Waals surface area contributed by atoms with E-state index in [9.17, 15) is 14.7 Å². The number of benzene rings is 4. The largest absolute Gasteiger partial charge is 0.508 e. The highest BCUT2D eigenvalue weighted by Crippen LogP contribution is 2.36. The van der Waals surface area contributed by atoms with Crippen LogP contribution in [-0.2, 0) is 37.7 Å². The van der Waals surface area contributed by atoms with Gasteiger partial charge in [0.05, 0.1) is 25.9 Å². The quantitative estimate of drug-likeness (QED) is 0.191. The molecule has 0 unspecified atom stereocenters. The first-order chi connectivity index (χ1) is 28.1. The van der Waals surface area contributed by atoms with E-state index in [1.807, 2.05) is 47.7 Å². The normalized spacial score (nSPS) is 16.7. The molecule has 1 saturated heterocycles. The number of carbonyl (C=O) groups excluding carboxylic acids is 3. The molecule has 0 bridgehead atoms. The molecule has 5 aromatic rings. The summed E-state index contributed by atoms with van der Waals surface area (Å²) in [5, 5.41) is 9.85. The maximum absolute atomic E-state index is 15.4. The van der Waals surface area contributed by atoms with Gasteiger partial charge in [0.1, 0.15) is 5.75 Å². The molecule has 4 aromatic carbocycles. The molecule has 8 rings (SSSR count). The van der Waals surface area contributed by atoms with E-state index < -0.39 is 6.09 Å². The van der Waals surface area contributed by atoms with E-state index in [0.29, 0.717) is 61.0 Å². The number of nitrogens with zero attached hydrogens (tertiary/aromatic N) is 5. The van der Waals surface area contributed by atoms with Gasteiger partial charge in [-0.05, 0) is 96.6 Å². The Bertz CT molecular complexity index is 2350. The molecule has 58 heavy (non-hydrogen) atoms. The van der Waals surface area contributed by atoms with Gasteiger partial charge in [-0.2, -0.15) is 0 Å². The third kappa shape index (κ3) is 7.65. The summed E-state index contributed by atoms with van der Waals surface area (Å²) in [6.45, 7) is 6.72. The van der Waals surface area contributed by atoms with E-state index in [1.165, 1.54) is 12.7 Å². The van der Waals surface area contributed by atoms with Gasteiger partial charge < -0.3 is 38.6 Å². The van der Waals surface area contributed by atoms with Gasteiger partial charge in [-0.15, -0.1) is 0 Å². The number of ether oxygens (including phenoxy) is 3. The van der Waals surface area contributed by atoms with Crippen LogP contribution in [-0.4, -0.2) is 102 Å². The second kappa shape index (κ2) is 16.4. The number of aromatic nitrogens is 1. The molecule has 1 fully saturated rings. The number of para-hydroxylation sites is 2. The van der Waals surface area contributed by atoms with Gasteiger partial charge in [0.2, 0.25) is 0 Å². The van der Waals surface area contributed by atoms with E-state index in [-0.39, 0.29) is 30.2 Å². The number of phenols is 1. The second-order valence-corrected chi connectivity index (χ2v) is 15.3. The standard InChI is InChI=1S/C46H49N5O7/c1-30-38(44(53)48(3)35-13-15-37(52)16-14-35)26-41(47(30)2)39-24-32-17-18-50(46(55)58-43-12-8-7-11-42(43)56-4)27-34(32)25-40(39)45(54)51-28-33-10-6-5-9-31(33)23-36(51)29-49-19-21-57-22-20-49/h5-16,24-26,36,52H,17-23,27-29H2,1-4H3/t36-/m0/s1. The predicted octanol–water partition coefficient (Wildman–Crippen LogP) is 6.45. The van der Waals surface area contributed by atoms with Crippen molar-refractivity contribution in [2.24, 2.45) is 7.05 Å². The Hall–Kier alpha value is -6.11. The monoisotopic (exact) mass is 783 g/mol. The van der Waals surface area contributed by atoms with E-state index in [1.54, 1.807) is 59.3 Å². The number of hydrogen-bond donors (Lipinski definition) is 1. The molecule has 0 saturated carbocycles.